The second-order valence-electron chi connectivity index (χ2n) is 7.09. The lowest BCUT2D eigenvalue weighted by Crippen LogP contribution is -2.28. The second-order valence-corrected chi connectivity index (χ2v) is 7.09. The molecule has 34 heavy (non-hydrogen) atoms. The third-order valence-corrected chi connectivity index (χ3v) is 4.80. The van der Waals surface area contributed by atoms with E-state index in [0.29, 0.717) is 42.7 Å². The van der Waals surface area contributed by atoms with E-state index in [1.807, 2.05) is 0 Å². The van der Waals surface area contributed by atoms with Gasteiger partial charge in [-0.3, -0.25) is 14.4 Å². The normalized spacial score (nSPS) is 18.5. The van der Waals surface area contributed by atoms with Crippen LogP contribution in [0.1, 0.15) is 58.6 Å². The maximum Gasteiger partial charge on any atom is 0.305 e. The van der Waals surface area contributed by atoms with Crippen molar-refractivity contribution >= 4 is 29.2 Å². The van der Waals surface area contributed by atoms with Crippen LogP contribution in [0, 0.1) is 11.3 Å². The van der Waals surface area contributed by atoms with E-state index in [0.717, 1.165) is 0 Å². The minimum atomic E-state index is -1.13. The van der Waals surface area contributed by atoms with E-state index in [4.69, 9.17) is 20.3 Å². The number of carboxylic acid groups (broad SMARTS) is 1. The van der Waals surface area contributed by atoms with Crippen LogP contribution in [0.2, 0.25) is 0 Å². The number of carbonyl (C=O) groups excluding carboxylic acids is 2. The number of fused-ring (bicyclic) bond motifs is 1. The molecule has 186 valence electrons. The molecular formula is C22H31N5O7. The number of ether oxygens (including phenoxy) is 3. The van der Waals surface area contributed by atoms with Gasteiger partial charge in [-0.15, -0.1) is 0 Å². The summed E-state index contributed by atoms with van der Waals surface area (Å²) in [4.78, 5) is 34.5. The molecule has 3 heterocycles. The molecule has 2 atom stereocenters. The largest absolute Gasteiger partial charge is 0.481 e. The van der Waals surface area contributed by atoms with Crippen molar-refractivity contribution in [1.29, 1.82) is 5.26 Å². The van der Waals surface area contributed by atoms with Crippen LogP contribution in [0.25, 0.3) is 5.52 Å². The van der Waals surface area contributed by atoms with Gasteiger partial charge in [-0.2, -0.15) is 10.4 Å². The van der Waals surface area contributed by atoms with Crippen molar-refractivity contribution in [2.75, 3.05) is 19.5 Å². The molecule has 0 spiro atoms. The molecule has 1 saturated heterocycles. The zero-order chi connectivity index (χ0) is 25.7. The zero-order valence-electron chi connectivity index (χ0n) is 19.8. The summed E-state index contributed by atoms with van der Waals surface area (Å²) in [5.74, 6) is -0.845. The molecule has 0 saturated carbocycles. The molecule has 3 rings (SSSR count). The van der Waals surface area contributed by atoms with Crippen molar-refractivity contribution in [2.45, 2.75) is 64.6 Å². The van der Waals surface area contributed by atoms with E-state index >= 15 is 0 Å². The molecule has 2 unspecified atom stereocenters. The number of hydrogen-bond acceptors (Lipinski definition) is 10. The summed E-state index contributed by atoms with van der Waals surface area (Å²) < 4.78 is 16.9. The van der Waals surface area contributed by atoms with Crippen molar-refractivity contribution in [3.8, 4) is 6.07 Å². The van der Waals surface area contributed by atoms with Crippen LogP contribution in [-0.4, -0.2) is 57.4 Å². The van der Waals surface area contributed by atoms with Crippen molar-refractivity contribution in [2.24, 2.45) is 0 Å². The molecule has 0 bridgehead atoms. The lowest BCUT2D eigenvalue weighted by Gasteiger charge is -2.21. The number of nitrogens with zero attached hydrogens (tertiary/aromatic N) is 4. The van der Waals surface area contributed by atoms with E-state index in [1.165, 1.54) is 13.4 Å². The maximum atomic E-state index is 11.3. The van der Waals surface area contributed by atoms with E-state index < -0.39 is 11.6 Å². The summed E-state index contributed by atoms with van der Waals surface area (Å²) >= 11 is 0. The molecule has 3 N–H and O–H groups in total. The van der Waals surface area contributed by atoms with Crippen LogP contribution in [0.15, 0.2) is 18.5 Å². The number of nitrogen functional groups attached to an aromatic ring is 1. The predicted octanol–water partition coefficient (Wildman–Crippen LogP) is 2.21. The van der Waals surface area contributed by atoms with Crippen molar-refractivity contribution in [3.63, 3.8) is 0 Å². The molecule has 1 aliphatic rings. The predicted molar refractivity (Wildman–Crippen MR) is 120 cm³/mol. The first-order valence-electron chi connectivity index (χ1n) is 10.8. The molecule has 12 heteroatoms. The minimum Gasteiger partial charge on any atom is -0.481 e. The third-order valence-electron chi connectivity index (χ3n) is 4.80. The number of nitrogens with two attached hydrogens (primary N) is 1. The number of rotatable bonds is 6. The summed E-state index contributed by atoms with van der Waals surface area (Å²) in [6, 6.07) is 5.77. The first-order chi connectivity index (χ1) is 16.2. The summed E-state index contributed by atoms with van der Waals surface area (Å²) in [5, 5.41) is 21.6. The fourth-order valence-electron chi connectivity index (χ4n) is 2.90. The van der Waals surface area contributed by atoms with Crippen LogP contribution in [-0.2, 0) is 34.2 Å². The minimum absolute atomic E-state index is 0.149. The number of carboxylic acids is 1. The second kappa shape index (κ2) is 13.7. The molecule has 0 amide bonds. The zero-order valence-corrected chi connectivity index (χ0v) is 19.8. The van der Waals surface area contributed by atoms with Crippen molar-refractivity contribution in [3.05, 3.63) is 24.2 Å². The maximum absolute atomic E-state index is 11.3. The molecule has 0 aromatic carbocycles. The molecule has 2 aromatic rings. The van der Waals surface area contributed by atoms with Crippen LogP contribution < -0.4 is 5.73 Å². The van der Waals surface area contributed by atoms with Gasteiger partial charge in [-0.05, 0) is 25.0 Å². The SMILES string of the molecule is CCC(=O)O.CCC(=O)OC.CCC(=O)OCC1CCC(C#N)(c2ccc3c(N)ncnn23)O1. The Hall–Kier alpha value is -3.72. The average molecular weight is 478 g/mol. The molecule has 1 fully saturated rings. The Morgan fingerprint density at radius 1 is 1.26 bits per heavy atom. The number of aromatic nitrogens is 3. The van der Waals surface area contributed by atoms with Gasteiger partial charge in [0.2, 0.25) is 0 Å². The van der Waals surface area contributed by atoms with Gasteiger partial charge in [0.05, 0.1) is 18.9 Å². The number of hydrogen-bond donors (Lipinski definition) is 2. The van der Waals surface area contributed by atoms with Gasteiger partial charge >= 0.3 is 17.9 Å². The Kier molecular flexibility index (Phi) is 11.4. The number of carbonyl (C=O) groups is 3. The highest BCUT2D eigenvalue weighted by Gasteiger charge is 2.44. The highest BCUT2D eigenvalue weighted by atomic mass is 16.6. The standard InChI is InChI=1S/C15H17N5O3.C4H8O2.C3H6O2/c1-2-13(21)22-7-10-5-6-15(8-16,23-10)12-4-3-11-14(17)18-9-19-20(11)12;1-3-4(5)6-2;1-2-3(4)5/h3-4,9-10H,2,5-7H2,1H3,(H2,17,18,19);3H2,1-2H3;2H2,1H3,(H,4,5). The topological polar surface area (TPSA) is 179 Å². The first-order valence-corrected chi connectivity index (χ1v) is 10.8. The number of anilines is 1. The Balaban J connectivity index is 0.000000440. The van der Waals surface area contributed by atoms with Crippen molar-refractivity contribution < 1.29 is 33.7 Å². The Morgan fingerprint density at radius 3 is 2.41 bits per heavy atom. The van der Waals surface area contributed by atoms with Crippen LogP contribution >= 0.6 is 0 Å². The molecule has 2 aromatic heterocycles. The fraction of sp³-hybridized carbons (Fsp3) is 0.545. The van der Waals surface area contributed by atoms with Gasteiger partial charge in [-0.25, -0.2) is 9.50 Å². The lowest BCUT2D eigenvalue weighted by molar-refractivity contribution is -0.148. The lowest BCUT2D eigenvalue weighted by atomic mass is 9.98. The summed E-state index contributed by atoms with van der Waals surface area (Å²) in [7, 11) is 1.38. The summed E-state index contributed by atoms with van der Waals surface area (Å²) in [6.45, 7) is 5.24. The van der Waals surface area contributed by atoms with Gasteiger partial charge in [-0.1, -0.05) is 20.8 Å². The smallest absolute Gasteiger partial charge is 0.305 e. The fourth-order valence-corrected chi connectivity index (χ4v) is 2.90. The molecular weight excluding hydrogens is 446 g/mol. The van der Waals surface area contributed by atoms with Gasteiger partial charge in [0.1, 0.15) is 24.5 Å². The highest BCUT2D eigenvalue weighted by molar-refractivity contribution is 5.69. The van der Waals surface area contributed by atoms with Gasteiger partial charge in [0.15, 0.2) is 11.4 Å². The summed E-state index contributed by atoms with van der Waals surface area (Å²) in [6.07, 6.45) is 3.15. The van der Waals surface area contributed by atoms with E-state index in [9.17, 15) is 19.6 Å². The van der Waals surface area contributed by atoms with Gasteiger partial charge < -0.3 is 25.1 Å². The third kappa shape index (κ3) is 7.70. The average Bonchev–Trinajstić information content (AvgIpc) is 3.48. The quantitative estimate of drug-likeness (QED) is 0.582. The Labute approximate surface area is 197 Å². The van der Waals surface area contributed by atoms with E-state index in [-0.39, 0.29) is 31.1 Å². The monoisotopic (exact) mass is 477 g/mol. The number of nitriles is 1. The van der Waals surface area contributed by atoms with E-state index in [1.54, 1.807) is 37.4 Å². The number of aliphatic carboxylic acids is 1. The van der Waals surface area contributed by atoms with E-state index in [2.05, 4.69) is 20.9 Å². The van der Waals surface area contributed by atoms with Crippen LogP contribution in [0.3, 0.4) is 0 Å². The van der Waals surface area contributed by atoms with Gasteiger partial charge in [0, 0.05) is 19.3 Å². The molecule has 0 radical (unpaired) electrons. The Morgan fingerprint density at radius 2 is 1.91 bits per heavy atom. The molecule has 1 aliphatic heterocycles. The van der Waals surface area contributed by atoms with Crippen LogP contribution in [0.4, 0.5) is 5.82 Å². The summed E-state index contributed by atoms with van der Waals surface area (Å²) in [5.41, 5.74) is 5.93. The van der Waals surface area contributed by atoms with Gasteiger partial charge in [0.25, 0.3) is 0 Å². The number of methoxy groups -OCH3 is 1. The first kappa shape index (κ1) is 28.3. The molecule has 12 nitrogen and oxygen atoms in total. The van der Waals surface area contributed by atoms with Crippen molar-refractivity contribution in [1.82, 2.24) is 14.6 Å². The molecule has 0 aliphatic carbocycles. The number of esters is 2. The highest BCUT2D eigenvalue weighted by Crippen LogP contribution is 2.39. The van der Waals surface area contributed by atoms with Crippen LogP contribution in [0.5, 0.6) is 0 Å². The Bertz CT molecular complexity index is 1010.